The highest BCUT2D eigenvalue weighted by molar-refractivity contribution is 5.73. The van der Waals surface area contributed by atoms with E-state index in [-0.39, 0.29) is 6.10 Å². The van der Waals surface area contributed by atoms with Crippen molar-refractivity contribution >= 4 is 11.0 Å². The number of likely N-dealkylation sites (tertiary alicyclic amines) is 1. The van der Waals surface area contributed by atoms with Gasteiger partial charge in [0.05, 0.1) is 29.1 Å². The van der Waals surface area contributed by atoms with E-state index in [0.717, 1.165) is 49.2 Å². The first-order chi connectivity index (χ1) is 11.8. The minimum atomic E-state index is 0.196. The number of nitrogens with zero attached hydrogens (tertiary/aromatic N) is 6. The molecule has 4 rings (SSSR count). The molecule has 0 amide bonds. The average molecular weight is 324 g/mol. The molecule has 0 radical (unpaired) electrons. The zero-order chi connectivity index (χ0) is 16.4. The molecule has 0 N–H and O–H groups in total. The van der Waals surface area contributed by atoms with Gasteiger partial charge >= 0.3 is 0 Å². The van der Waals surface area contributed by atoms with Gasteiger partial charge < -0.3 is 4.74 Å². The second-order valence-corrected chi connectivity index (χ2v) is 6.14. The molecule has 2 aromatic heterocycles. The summed E-state index contributed by atoms with van der Waals surface area (Å²) in [7, 11) is 1.93. The lowest BCUT2D eigenvalue weighted by molar-refractivity contribution is 0.0919. The average Bonchev–Trinajstić information content (AvgIpc) is 3.01. The summed E-state index contributed by atoms with van der Waals surface area (Å²) in [5.41, 5.74) is 2.90. The molecular formula is C17H20N6O. The number of piperidine rings is 1. The summed E-state index contributed by atoms with van der Waals surface area (Å²) >= 11 is 0. The van der Waals surface area contributed by atoms with Gasteiger partial charge in [-0.2, -0.15) is 0 Å². The molecular weight excluding hydrogens is 304 g/mol. The molecule has 1 aromatic carbocycles. The van der Waals surface area contributed by atoms with Crippen molar-refractivity contribution in [3.8, 4) is 5.88 Å². The molecule has 124 valence electrons. The Balaban J connectivity index is 1.34. The van der Waals surface area contributed by atoms with Crippen LogP contribution >= 0.6 is 0 Å². The summed E-state index contributed by atoms with van der Waals surface area (Å²) in [5.74, 6) is 0.614. The Bertz CT molecular complexity index is 825. The number of ether oxygens (including phenoxy) is 1. The van der Waals surface area contributed by atoms with Crippen LogP contribution < -0.4 is 4.74 Å². The molecule has 0 spiro atoms. The maximum absolute atomic E-state index is 6.04. The van der Waals surface area contributed by atoms with Crippen molar-refractivity contribution in [2.24, 2.45) is 7.05 Å². The largest absolute Gasteiger partial charge is 0.473 e. The third-order valence-corrected chi connectivity index (χ3v) is 4.44. The first-order valence-corrected chi connectivity index (χ1v) is 8.22. The fourth-order valence-corrected chi connectivity index (χ4v) is 3.04. The minimum absolute atomic E-state index is 0.196. The van der Waals surface area contributed by atoms with Gasteiger partial charge in [-0.05, 0) is 25.0 Å². The maximum atomic E-state index is 6.04. The van der Waals surface area contributed by atoms with Gasteiger partial charge in [-0.15, -0.1) is 5.10 Å². The molecule has 1 aliphatic heterocycles. The van der Waals surface area contributed by atoms with E-state index in [2.05, 4.69) is 25.2 Å². The highest BCUT2D eigenvalue weighted by atomic mass is 16.5. The van der Waals surface area contributed by atoms with Crippen LogP contribution in [0.3, 0.4) is 0 Å². The van der Waals surface area contributed by atoms with E-state index in [1.165, 1.54) is 0 Å². The zero-order valence-corrected chi connectivity index (χ0v) is 13.7. The summed E-state index contributed by atoms with van der Waals surface area (Å²) in [5, 5.41) is 7.91. The van der Waals surface area contributed by atoms with Gasteiger partial charge in [-0.25, -0.2) is 9.97 Å². The van der Waals surface area contributed by atoms with Gasteiger partial charge in [0.25, 0.3) is 0 Å². The molecule has 3 heterocycles. The fraction of sp³-hybridized carbons (Fsp3) is 0.412. The van der Waals surface area contributed by atoms with Gasteiger partial charge in [-0.1, -0.05) is 17.3 Å². The van der Waals surface area contributed by atoms with Crippen molar-refractivity contribution in [1.29, 1.82) is 0 Å². The molecule has 1 aliphatic rings. The molecule has 7 nitrogen and oxygen atoms in total. The predicted octanol–water partition coefficient (Wildman–Crippen LogP) is 1.80. The number of benzene rings is 1. The lowest BCUT2D eigenvalue weighted by Gasteiger charge is -2.31. The van der Waals surface area contributed by atoms with Crippen LogP contribution in [0.25, 0.3) is 11.0 Å². The first-order valence-electron chi connectivity index (χ1n) is 8.22. The van der Waals surface area contributed by atoms with Crippen LogP contribution in [0.5, 0.6) is 5.88 Å². The van der Waals surface area contributed by atoms with Crippen molar-refractivity contribution in [3.63, 3.8) is 0 Å². The van der Waals surface area contributed by atoms with Gasteiger partial charge in [-0.3, -0.25) is 9.58 Å². The highest BCUT2D eigenvalue weighted by Crippen LogP contribution is 2.20. The summed E-state index contributed by atoms with van der Waals surface area (Å²) in [6.07, 6.45) is 5.71. The van der Waals surface area contributed by atoms with Crippen LogP contribution in [0.15, 0.2) is 36.7 Å². The van der Waals surface area contributed by atoms with E-state index in [0.29, 0.717) is 5.88 Å². The van der Waals surface area contributed by atoms with Crippen molar-refractivity contribution in [1.82, 2.24) is 29.9 Å². The number of aromatic nitrogens is 5. The number of fused-ring (bicyclic) bond motifs is 1. The normalized spacial score (nSPS) is 16.5. The van der Waals surface area contributed by atoms with Crippen LogP contribution in [0.4, 0.5) is 0 Å². The Hall–Kier alpha value is -2.54. The lowest BCUT2D eigenvalue weighted by Crippen LogP contribution is -2.38. The number of hydrogen-bond acceptors (Lipinski definition) is 6. The smallest absolute Gasteiger partial charge is 0.233 e. The van der Waals surface area contributed by atoms with Crippen molar-refractivity contribution in [2.75, 3.05) is 13.1 Å². The molecule has 1 saturated heterocycles. The topological polar surface area (TPSA) is 69.0 Å². The molecule has 1 fully saturated rings. The molecule has 24 heavy (non-hydrogen) atoms. The summed E-state index contributed by atoms with van der Waals surface area (Å²) < 4.78 is 7.87. The van der Waals surface area contributed by atoms with Gasteiger partial charge in [0.2, 0.25) is 5.88 Å². The Morgan fingerprint density at radius 2 is 1.92 bits per heavy atom. The van der Waals surface area contributed by atoms with Gasteiger partial charge in [0.1, 0.15) is 6.10 Å². The van der Waals surface area contributed by atoms with E-state index in [9.17, 15) is 0 Å². The van der Waals surface area contributed by atoms with E-state index in [4.69, 9.17) is 4.74 Å². The minimum Gasteiger partial charge on any atom is -0.473 e. The standard InChI is InChI=1S/C17H20N6O/c1-22-13(10-19-21-22)12-23-8-6-14(7-9-23)24-17-11-18-15-4-2-3-5-16(15)20-17/h2-5,10-11,14H,6-9,12H2,1H3. The molecule has 3 aromatic rings. The van der Waals surface area contributed by atoms with Crippen LogP contribution in [0, 0.1) is 0 Å². The summed E-state index contributed by atoms with van der Waals surface area (Å²) in [4.78, 5) is 11.4. The fourth-order valence-electron chi connectivity index (χ4n) is 3.04. The number of rotatable bonds is 4. The molecule has 0 atom stereocenters. The third kappa shape index (κ3) is 3.21. The Kier molecular flexibility index (Phi) is 4.08. The van der Waals surface area contributed by atoms with Crippen LogP contribution in [0.1, 0.15) is 18.5 Å². The van der Waals surface area contributed by atoms with E-state index >= 15 is 0 Å². The highest BCUT2D eigenvalue weighted by Gasteiger charge is 2.22. The lowest BCUT2D eigenvalue weighted by atomic mass is 10.1. The second kappa shape index (κ2) is 6.52. The third-order valence-electron chi connectivity index (χ3n) is 4.44. The second-order valence-electron chi connectivity index (χ2n) is 6.14. The van der Waals surface area contributed by atoms with Crippen molar-refractivity contribution in [3.05, 3.63) is 42.4 Å². The molecule has 0 unspecified atom stereocenters. The van der Waals surface area contributed by atoms with E-state index in [1.807, 2.05) is 42.2 Å². The maximum Gasteiger partial charge on any atom is 0.233 e. The van der Waals surface area contributed by atoms with E-state index in [1.54, 1.807) is 6.20 Å². The Labute approximate surface area is 140 Å². The number of hydrogen-bond donors (Lipinski definition) is 0. The predicted molar refractivity (Wildman–Crippen MR) is 89.5 cm³/mol. The van der Waals surface area contributed by atoms with Crippen LogP contribution in [0.2, 0.25) is 0 Å². The summed E-state index contributed by atoms with van der Waals surface area (Å²) in [6, 6.07) is 7.84. The SMILES string of the molecule is Cn1nncc1CN1CCC(Oc2cnc3ccccc3n2)CC1. The monoisotopic (exact) mass is 324 g/mol. The summed E-state index contributed by atoms with van der Waals surface area (Å²) in [6.45, 7) is 2.87. The Morgan fingerprint density at radius 1 is 1.12 bits per heavy atom. The van der Waals surface area contributed by atoms with Gasteiger partial charge in [0.15, 0.2) is 0 Å². The molecule has 0 bridgehead atoms. The zero-order valence-electron chi connectivity index (χ0n) is 13.7. The molecule has 0 aliphatic carbocycles. The number of aryl methyl sites for hydroxylation is 1. The molecule has 0 saturated carbocycles. The van der Waals surface area contributed by atoms with E-state index < -0.39 is 0 Å². The van der Waals surface area contributed by atoms with Crippen molar-refractivity contribution in [2.45, 2.75) is 25.5 Å². The van der Waals surface area contributed by atoms with Crippen LogP contribution in [-0.2, 0) is 13.6 Å². The van der Waals surface area contributed by atoms with Crippen LogP contribution in [-0.4, -0.2) is 49.1 Å². The Morgan fingerprint density at radius 3 is 2.67 bits per heavy atom. The van der Waals surface area contributed by atoms with Crippen molar-refractivity contribution < 1.29 is 4.74 Å². The quantitative estimate of drug-likeness (QED) is 0.729. The first kappa shape index (κ1) is 15.0. The number of para-hydroxylation sites is 2. The van der Waals surface area contributed by atoms with Gasteiger partial charge in [0, 0.05) is 26.7 Å². The molecule has 7 heteroatoms.